The monoisotopic (exact) mass is 109 g/mol. The predicted octanol–water partition coefficient (Wildman–Crippen LogP) is 1.82. The van der Waals surface area contributed by atoms with Crippen molar-refractivity contribution >= 4 is 6.21 Å². The van der Waals surface area contributed by atoms with Crippen LogP contribution in [0.15, 0.2) is 29.3 Å². The zero-order valence-corrected chi connectivity index (χ0v) is 5.33. The van der Waals surface area contributed by atoms with E-state index in [9.17, 15) is 0 Å². The highest BCUT2D eigenvalue weighted by atomic mass is 14.6. The Morgan fingerprint density at radius 3 is 2.38 bits per heavy atom. The van der Waals surface area contributed by atoms with E-state index in [1.165, 1.54) is 0 Å². The molecule has 0 rings (SSSR count). The minimum absolute atomic E-state index is 1.75. The fourth-order valence-corrected chi connectivity index (χ4v) is 0.311. The van der Waals surface area contributed by atoms with Crippen LogP contribution in [-0.4, -0.2) is 13.3 Å². The largest absolute Gasteiger partial charge is 0.297 e. The van der Waals surface area contributed by atoms with Crippen LogP contribution in [0.4, 0.5) is 0 Å². The molecule has 0 aromatic rings. The van der Waals surface area contributed by atoms with Gasteiger partial charge < -0.3 is 0 Å². The van der Waals surface area contributed by atoms with E-state index in [0.717, 1.165) is 0 Å². The summed E-state index contributed by atoms with van der Waals surface area (Å²) in [6, 6.07) is 0. The van der Waals surface area contributed by atoms with Crippen LogP contribution in [0.2, 0.25) is 0 Å². The lowest BCUT2D eigenvalue weighted by Gasteiger charge is -1.68. The summed E-state index contributed by atoms with van der Waals surface area (Å²) in [5.74, 6) is 0. The lowest BCUT2D eigenvalue weighted by atomic mass is 10.4. The van der Waals surface area contributed by atoms with Gasteiger partial charge in [0.25, 0.3) is 0 Å². The molecule has 44 valence electrons. The Morgan fingerprint density at radius 1 is 1.12 bits per heavy atom. The minimum Gasteiger partial charge on any atom is -0.297 e. The summed E-state index contributed by atoms with van der Waals surface area (Å²) in [5.41, 5.74) is 0. The van der Waals surface area contributed by atoms with Crippen molar-refractivity contribution in [2.45, 2.75) is 6.92 Å². The number of aliphatic imine (C=N–C) groups is 1. The molecule has 0 bridgehead atoms. The Kier molecular flexibility index (Phi) is 5.50. The average Bonchev–Trinajstić information content (AvgIpc) is 1.81. The number of nitrogens with zero attached hydrogens (tertiary/aromatic N) is 1. The van der Waals surface area contributed by atoms with E-state index in [-0.39, 0.29) is 0 Å². The first-order valence-corrected chi connectivity index (χ1v) is 2.62. The normalized spacial score (nSPS) is 12.8. The van der Waals surface area contributed by atoms with Crippen LogP contribution >= 0.6 is 0 Å². The SMILES string of the molecule is C\C=C/C=C\C=N\C. The first-order valence-electron chi connectivity index (χ1n) is 2.62. The Labute approximate surface area is 50.4 Å². The molecule has 1 heteroatoms. The van der Waals surface area contributed by atoms with Crippen LogP contribution in [-0.2, 0) is 0 Å². The van der Waals surface area contributed by atoms with Gasteiger partial charge in [-0.2, -0.15) is 0 Å². The van der Waals surface area contributed by atoms with E-state index in [2.05, 4.69) is 4.99 Å². The van der Waals surface area contributed by atoms with Crippen LogP contribution in [0.1, 0.15) is 6.92 Å². The van der Waals surface area contributed by atoms with Gasteiger partial charge in [-0.3, -0.25) is 4.99 Å². The zero-order valence-electron chi connectivity index (χ0n) is 5.33. The van der Waals surface area contributed by atoms with Crippen molar-refractivity contribution in [3.8, 4) is 0 Å². The van der Waals surface area contributed by atoms with E-state index in [1.54, 1.807) is 13.3 Å². The van der Waals surface area contributed by atoms with Crippen molar-refractivity contribution in [3.05, 3.63) is 24.3 Å². The van der Waals surface area contributed by atoms with Crippen LogP contribution in [0, 0.1) is 0 Å². The summed E-state index contributed by atoms with van der Waals surface area (Å²) in [5, 5.41) is 0. The average molecular weight is 109 g/mol. The molecule has 0 atom stereocenters. The zero-order chi connectivity index (χ0) is 6.24. The molecular formula is C7H11N. The molecule has 0 aliphatic rings. The van der Waals surface area contributed by atoms with Crippen LogP contribution in [0.3, 0.4) is 0 Å². The summed E-state index contributed by atoms with van der Waals surface area (Å²) in [7, 11) is 1.75. The first-order chi connectivity index (χ1) is 3.91. The Morgan fingerprint density at radius 2 is 1.88 bits per heavy atom. The minimum atomic E-state index is 1.75. The standard InChI is InChI=1S/C7H11N/c1-3-4-5-6-7-8-2/h3-7H,1-2H3/b4-3-,6-5-,8-7+. The van der Waals surface area contributed by atoms with Gasteiger partial charge in [-0.25, -0.2) is 0 Å². The van der Waals surface area contributed by atoms with Crippen LogP contribution in [0.5, 0.6) is 0 Å². The number of allylic oxidation sites excluding steroid dienone is 4. The molecule has 0 aromatic carbocycles. The van der Waals surface area contributed by atoms with Gasteiger partial charge in [-0.1, -0.05) is 18.2 Å². The molecule has 0 saturated heterocycles. The number of hydrogen-bond donors (Lipinski definition) is 0. The Hall–Kier alpha value is -0.850. The quantitative estimate of drug-likeness (QED) is 0.379. The molecule has 0 heterocycles. The lowest BCUT2D eigenvalue weighted by Crippen LogP contribution is -1.58. The molecule has 0 spiro atoms. The molecule has 1 nitrogen and oxygen atoms in total. The smallest absolute Gasteiger partial charge is 0.0277 e. The van der Waals surface area contributed by atoms with Crippen LogP contribution < -0.4 is 0 Å². The van der Waals surface area contributed by atoms with Gasteiger partial charge in [-0.05, 0) is 13.0 Å². The maximum atomic E-state index is 3.76. The summed E-state index contributed by atoms with van der Waals surface area (Å²) in [6.07, 6.45) is 9.51. The van der Waals surface area contributed by atoms with Gasteiger partial charge in [0, 0.05) is 13.3 Å². The Balaban J connectivity index is 3.35. The summed E-state index contributed by atoms with van der Waals surface area (Å²) in [6.45, 7) is 1.98. The predicted molar refractivity (Wildman–Crippen MR) is 38.4 cm³/mol. The maximum absolute atomic E-state index is 3.76. The molecule has 0 aromatic heterocycles. The van der Waals surface area contributed by atoms with Gasteiger partial charge in [-0.15, -0.1) is 0 Å². The molecule has 0 radical (unpaired) electrons. The second kappa shape index (κ2) is 6.15. The third-order valence-electron chi connectivity index (χ3n) is 0.650. The molecule has 8 heavy (non-hydrogen) atoms. The highest BCUT2D eigenvalue weighted by molar-refractivity contribution is 5.71. The van der Waals surface area contributed by atoms with Gasteiger partial charge in [0.2, 0.25) is 0 Å². The lowest BCUT2D eigenvalue weighted by molar-refractivity contribution is 1.48. The fourth-order valence-electron chi connectivity index (χ4n) is 0.311. The maximum Gasteiger partial charge on any atom is 0.0277 e. The van der Waals surface area contributed by atoms with E-state index in [4.69, 9.17) is 0 Å². The van der Waals surface area contributed by atoms with Crippen molar-refractivity contribution in [1.82, 2.24) is 0 Å². The highest BCUT2D eigenvalue weighted by Crippen LogP contribution is 1.71. The number of rotatable bonds is 2. The summed E-state index contributed by atoms with van der Waals surface area (Å²) >= 11 is 0. The molecule has 0 fully saturated rings. The van der Waals surface area contributed by atoms with Crippen molar-refractivity contribution in [1.29, 1.82) is 0 Å². The van der Waals surface area contributed by atoms with E-state index in [1.807, 2.05) is 31.2 Å². The van der Waals surface area contributed by atoms with Gasteiger partial charge in [0.15, 0.2) is 0 Å². The first kappa shape index (κ1) is 7.15. The topological polar surface area (TPSA) is 12.4 Å². The third kappa shape index (κ3) is 5.15. The second-order valence-electron chi connectivity index (χ2n) is 1.32. The number of hydrogen-bond acceptors (Lipinski definition) is 1. The summed E-state index contributed by atoms with van der Waals surface area (Å²) in [4.78, 5) is 3.76. The molecule has 0 unspecified atom stereocenters. The molecule has 0 aliphatic carbocycles. The summed E-state index contributed by atoms with van der Waals surface area (Å²) < 4.78 is 0. The third-order valence-corrected chi connectivity index (χ3v) is 0.650. The van der Waals surface area contributed by atoms with E-state index < -0.39 is 0 Å². The van der Waals surface area contributed by atoms with Crippen LogP contribution in [0.25, 0.3) is 0 Å². The van der Waals surface area contributed by atoms with E-state index >= 15 is 0 Å². The van der Waals surface area contributed by atoms with E-state index in [0.29, 0.717) is 0 Å². The van der Waals surface area contributed by atoms with Crippen molar-refractivity contribution in [3.63, 3.8) is 0 Å². The van der Waals surface area contributed by atoms with Gasteiger partial charge in [0.05, 0.1) is 0 Å². The van der Waals surface area contributed by atoms with Gasteiger partial charge in [0.1, 0.15) is 0 Å². The molecular weight excluding hydrogens is 98.1 g/mol. The van der Waals surface area contributed by atoms with Gasteiger partial charge >= 0.3 is 0 Å². The van der Waals surface area contributed by atoms with Crippen molar-refractivity contribution in [2.75, 3.05) is 7.05 Å². The highest BCUT2D eigenvalue weighted by Gasteiger charge is 1.55. The molecule has 0 aliphatic heterocycles. The second-order valence-corrected chi connectivity index (χ2v) is 1.32. The molecule has 0 saturated carbocycles. The molecule has 0 amide bonds. The fraction of sp³-hybridized carbons (Fsp3) is 0.286. The molecule has 0 N–H and O–H groups in total. The van der Waals surface area contributed by atoms with Crippen molar-refractivity contribution in [2.24, 2.45) is 4.99 Å². The Bertz CT molecular complexity index is 95.6. The van der Waals surface area contributed by atoms with Crippen molar-refractivity contribution < 1.29 is 0 Å².